The number of nitro groups is 1. The van der Waals surface area contributed by atoms with E-state index in [2.05, 4.69) is 5.10 Å². The molecule has 7 heteroatoms. The Labute approximate surface area is 180 Å². The SMILES string of the molecule is O=c1c2ccccc2c(-c2ccccc2)nn1-c1cc(-c2cccs2)ccc1[N+](=O)[O-]. The lowest BCUT2D eigenvalue weighted by atomic mass is 10.0. The summed E-state index contributed by atoms with van der Waals surface area (Å²) in [7, 11) is 0. The first-order valence-electron chi connectivity index (χ1n) is 9.53. The fourth-order valence-corrected chi connectivity index (χ4v) is 4.33. The molecule has 0 radical (unpaired) electrons. The Kier molecular flexibility index (Phi) is 4.65. The van der Waals surface area contributed by atoms with Crippen molar-refractivity contribution in [2.75, 3.05) is 0 Å². The minimum Gasteiger partial charge on any atom is -0.267 e. The molecule has 0 saturated carbocycles. The normalized spacial score (nSPS) is 11.0. The van der Waals surface area contributed by atoms with Gasteiger partial charge in [0.25, 0.3) is 11.2 Å². The molecule has 0 bridgehead atoms. The van der Waals surface area contributed by atoms with Crippen LogP contribution in [0.3, 0.4) is 0 Å². The van der Waals surface area contributed by atoms with E-state index in [1.165, 1.54) is 17.4 Å². The van der Waals surface area contributed by atoms with E-state index in [4.69, 9.17) is 0 Å². The smallest absolute Gasteiger partial charge is 0.267 e. The zero-order valence-electron chi connectivity index (χ0n) is 16.1. The Morgan fingerprint density at radius 3 is 2.29 bits per heavy atom. The molecule has 6 nitrogen and oxygen atoms in total. The monoisotopic (exact) mass is 425 g/mol. The van der Waals surface area contributed by atoms with Gasteiger partial charge in [-0.25, -0.2) is 0 Å². The molecule has 0 fully saturated rings. The van der Waals surface area contributed by atoms with Gasteiger partial charge in [-0.1, -0.05) is 54.6 Å². The standard InChI is InChI=1S/C24H15N3O3S/c28-24-19-10-5-4-9-18(19)23(16-7-2-1-3-8-16)25-26(24)21-15-17(22-11-6-14-31-22)12-13-20(21)27(29)30/h1-15H. The van der Waals surface area contributed by atoms with Gasteiger partial charge in [-0.15, -0.1) is 11.3 Å². The van der Waals surface area contributed by atoms with Gasteiger partial charge < -0.3 is 0 Å². The molecule has 0 aliphatic rings. The third-order valence-electron chi connectivity index (χ3n) is 5.06. The van der Waals surface area contributed by atoms with Gasteiger partial charge in [0.15, 0.2) is 0 Å². The molecule has 0 aliphatic heterocycles. The summed E-state index contributed by atoms with van der Waals surface area (Å²) in [5.74, 6) is 0. The number of thiophene rings is 1. The third kappa shape index (κ3) is 3.31. The van der Waals surface area contributed by atoms with Gasteiger partial charge >= 0.3 is 0 Å². The van der Waals surface area contributed by atoms with Crippen molar-refractivity contribution in [3.05, 3.63) is 111 Å². The average Bonchev–Trinajstić information content (AvgIpc) is 3.35. The van der Waals surface area contributed by atoms with E-state index in [9.17, 15) is 14.9 Å². The maximum atomic E-state index is 13.4. The van der Waals surface area contributed by atoms with Crippen LogP contribution in [-0.4, -0.2) is 14.7 Å². The number of rotatable bonds is 4. The van der Waals surface area contributed by atoms with Crippen LogP contribution in [0.5, 0.6) is 0 Å². The van der Waals surface area contributed by atoms with Crippen LogP contribution in [0.4, 0.5) is 5.69 Å². The van der Waals surface area contributed by atoms with E-state index in [0.29, 0.717) is 16.5 Å². The van der Waals surface area contributed by atoms with Crippen LogP contribution >= 0.6 is 11.3 Å². The lowest BCUT2D eigenvalue weighted by Gasteiger charge is -2.12. The summed E-state index contributed by atoms with van der Waals surface area (Å²) in [6.07, 6.45) is 0. The molecule has 0 aliphatic carbocycles. The number of aromatic nitrogens is 2. The molecular formula is C24H15N3O3S. The van der Waals surface area contributed by atoms with Crippen molar-refractivity contribution >= 4 is 27.8 Å². The third-order valence-corrected chi connectivity index (χ3v) is 5.98. The number of hydrogen-bond acceptors (Lipinski definition) is 5. The molecule has 31 heavy (non-hydrogen) atoms. The van der Waals surface area contributed by atoms with E-state index >= 15 is 0 Å². The molecule has 0 atom stereocenters. The van der Waals surface area contributed by atoms with Crippen LogP contribution < -0.4 is 5.56 Å². The summed E-state index contributed by atoms with van der Waals surface area (Å²) in [5, 5.41) is 19.5. The summed E-state index contributed by atoms with van der Waals surface area (Å²) < 4.78 is 1.15. The minimum atomic E-state index is -0.487. The molecule has 0 saturated heterocycles. The highest BCUT2D eigenvalue weighted by Gasteiger charge is 2.21. The van der Waals surface area contributed by atoms with Gasteiger partial charge in [0.2, 0.25) is 0 Å². The fraction of sp³-hybridized carbons (Fsp3) is 0. The van der Waals surface area contributed by atoms with Crippen molar-refractivity contribution in [1.82, 2.24) is 9.78 Å². The van der Waals surface area contributed by atoms with E-state index in [-0.39, 0.29) is 11.4 Å². The second-order valence-corrected chi connectivity index (χ2v) is 7.86. The highest BCUT2D eigenvalue weighted by molar-refractivity contribution is 7.13. The largest absolute Gasteiger partial charge is 0.295 e. The topological polar surface area (TPSA) is 78.0 Å². The molecule has 0 amide bonds. The molecule has 0 spiro atoms. The summed E-state index contributed by atoms with van der Waals surface area (Å²) in [5.41, 5.74) is 1.77. The molecule has 2 aromatic heterocycles. The predicted molar refractivity (Wildman–Crippen MR) is 123 cm³/mol. The van der Waals surface area contributed by atoms with Gasteiger partial charge in [0, 0.05) is 21.9 Å². The number of nitrogens with zero attached hydrogens (tertiary/aromatic N) is 3. The zero-order chi connectivity index (χ0) is 21.4. The Morgan fingerprint density at radius 1 is 0.839 bits per heavy atom. The summed E-state index contributed by atoms with van der Waals surface area (Å²) >= 11 is 1.52. The van der Waals surface area contributed by atoms with E-state index in [0.717, 1.165) is 20.7 Å². The van der Waals surface area contributed by atoms with Crippen LogP contribution in [0.1, 0.15) is 0 Å². The molecule has 5 rings (SSSR count). The van der Waals surface area contributed by atoms with Crippen molar-refractivity contribution < 1.29 is 4.92 Å². The van der Waals surface area contributed by atoms with Crippen molar-refractivity contribution in [1.29, 1.82) is 0 Å². The van der Waals surface area contributed by atoms with Crippen LogP contribution in [0.15, 0.2) is 95.1 Å². The molecule has 5 aromatic rings. The number of hydrogen-bond donors (Lipinski definition) is 0. The molecule has 3 aromatic carbocycles. The van der Waals surface area contributed by atoms with Crippen molar-refractivity contribution in [2.24, 2.45) is 0 Å². The Balaban J connectivity index is 1.86. The van der Waals surface area contributed by atoms with E-state index in [1.54, 1.807) is 24.3 Å². The maximum Gasteiger partial charge on any atom is 0.295 e. The first-order valence-corrected chi connectivity index (χ1v) is 10.4. The van der Waals surface area contributed by atoms with Gasteiger partial charge in [0.1, 0.15) is 5.69 Å². The van der Waals surface area contributed by atoms with Gasteiger partial charge in [0.05, 0.1) is 16.0 Å². The zero-order valence-corrected chi connectivity index (χ0v) is 17.0. The Bertz CT molecular complexity index is 1480. The minimum absolute atomic E-state index is 0.142. The Morgan fingerprint density at radius 2 is 1.58 bits per heavy atom. The van der Waals surface area contributed by atoms with Crippen LogP contribution in [-0.2, 0) is 0 Å². The quantitative estimate of drug-likeness (QED) is 0.274. The molecule has 0 N–H and O–H groups in total. The van der Waals surface area contributed by atoms with Crippen molar-refractivity contribution in [3.63, 3.8) is 0 Å². The van der Waals surface area contributed by atoms with Crippen molar-refractivity contribution in [2.45, 2.75) is 0 Å². The maximum absolute atomic E-state index is 13.4. The van der Waals surface area contributed by atoms with Crippen LogP contribution in [0.25, 0.3) is 38.2 Å². The first kappa shape index (κ1) is 18.9. The molecule has 150 valence electrons. The number of fused-ring (bicyclic) bond motifs is 1. The fourth-order valence-electron chi connectivity index (χ4n) is 3.61. The summed E-state index contributed by atoms with van der Waals surface area (Å²) in [6, 6.07) is 25.3. The summed E-state index contributed by atoms with van der Waals surface area (Å²) in [4.78, 5) is 25.6. The number of nitro benzene ring substituents is 1. The van der Waals surface area contributed by atoms with E-state index < -0.39 is 10.5 Å². The molecule has 0 unspecified atom stereocenters. The van der Waals surface area contributed by atoms with E-state index in [1.807, 2.05) is 60.0 Å². The van der Waals surface area contributed by atoms with Crippen molar-refractivity contribution in [3.8, 4) is 27.4 Å². The van der Waals surface area contributed by atoms with Gasteiger partial charge in [-0.2, -0.15) is 9.78 Å². The van der Waals surface area contributed by atoms with Gasteiger partial charge in [-0.3, -0.25) is 14.9 Å². The van der Waals surface area contributed by atoms with Gasteiger partial charge in [-0.05, 0) is 35.2 Å². The second-order valence-electron chi connectivity index (χ2n) is 6.92. The summed E-state index contributed by atoms with van der Waals surface area (Å²) in [6.45, 7) is 0. The molecule has 2 heterocycles. The lowest BCUT2D eigenvalue weighted by molar-refractivity contribution is -0.384. The first-order chi connectivity index (χ1) is 15.1. The second kappa shape index (κ2) is 7.62. The highest BCUT2D eigenvalue weighted by atomic mass is 32.1. The highest BCUT2D eigenvalue weighted by Crippen LogP contribution is 2.32. The van der Waals surface area contributed by atoms with Crippen LogP contribution in [0.2, 0.25) is 0 Å². The lowest BCUT2D eigenvalue weighted by Crippen LogP contribution is -2.23. The Hall–Kier alpha value is -4.10. The van der Waals surface area contributed by atoms with Crippen LogP contribution in [0, 0.1) is 10.1 Å². The predicted octanol–water partition coefficient (Wildman–Crippen LogP) is 5.69. The molecular weight excluding hydrogens is 410 g/mol. The average molecular weight is 425 g/mol. The number of benzene rings is 3.